The first-order valence-electron chi connectivity index (χ1n) is 15.2. The first-order valence-corrected chi connectivity index (χ1v) is 15.2. The van der Waals surface area contributed by atoms with Crippen molar-refractivity contribution in [3.8, 4) is 0 Å². The van der Waals surface area contributed by atoms with E-state index in [9.17, 15) is 15.0 Å². The summed E-state index contributed by atoms with van der Waals surface area (Å²) in [6.45, 7) is 4.20. The van der Waals surface area contributed by atoms with Crippen LogP contribution in [0, 0.1) is 0 Å². The van der Waals surface area contributed by atoms with Gasteiger partial charge in [-0.2, -0.15) is 0 Å². The van der Waals surface area contributed by atoms with E-state index in [1.807, 2.05) is 6.08 Å². The summed E-state index contributed by atoms with van der Waals surface area (Å²) in [5.41, 5.74) is 0. The van der Waals surface area contributed by atoms with Crippen molar-refractivity contribution >= 4 is 5.91 Å². The van der Waals surface area contributed by atoms with E-state index >= 15 is 0 Å². The molecule has 0 heterocycles. The predicted molar refractivity (Wildman–Crippen MR) is 156 cm³/mol. The van der Waals surface area contributed by atoms with E-state index in [1.165, 1.54) is 89.9 Å². The van der Waals surface area contributed by atoms with Gasteiger partial charge < -0.3 is 15.5 Å². The molecule has 0 aliphatic carbocycles. The SMILES string of the molecule is CCCCC/C=C/CC/C=C/C(O)C(CO)NC(=O)CCCCCCCCC/C=C\CCCCCC. The van der Waals surface area contributed by atoms with E-state index < -0.39 is 12.1 Å². The summed E-state index contributed by atoms with van der Waals surface area (Å²) in [6.07, 6.45) is 35.0. The molecular formula is C32H59NO3. The third-order valence-electron chi connectivity index (χ3n) is 6.60. The maximum Gasteiger partial charge on any atom is 0.220 e. The molecule has 0 saturated carbocycles. The van der Waals surface area contributed by atoms with Gasteiger partial charge in [-0.25, -0.2) is 0 Å². The van der Waals surface area contributed by atoms with Crippen LogP contribution in [-0.2, 0) is 4.79 Å². The van der Waals surface area contributed by atoms with Crippen molar-refractivity contribution in [3.63, 3.8) is 0 Å². The summed E-state index contributed by atoms with van der Waals surface area (Å²) in [7, 11) is 0. The Bertz CT molecular complexity index is 556. The second kappa shape index (κ2) is 28.2. The Morgan fingerprint density at radius 2 is 1.08 bits per heavy atom. The van der Waals surface area contributed by atoms with E-state index in [4.69, 9.17) is 0 Å². The van der Waals surface area contributed by atoms with Crippen LogP contribution in [0.15, 0.2) is 36.5 Å². The first-order chi connectivity index (χ1) is 17.7. The highest BCUT2D eigenvalue weighted by atomic mass is 16.3. The van der Waals surface area contributed by atoms with Crippen molar-refractivity contribution in [1.29, 1.82) is 0 Å². The van der Waals surface area contributed by atoms with Crippen LogP contribution in [0.25, 0.3) is 0 Å². The van der Waals surface area contributed by atoms with Gasteiger partial charge in [-0.05, 0) is 57.8 Å². The summed E-state index contributed by atoms with van der Waals surface area (Å²) in [5.74, 6) is -0.0852. The number of carbonyl (C=O) groups excluding carboxylic acids is 1. The smallest absolute Gasteiger partial charge is 0.220 e. The van der Waals surface area contributed by atoms with Gasteiger partial charge in [0, 0.05) is 6.42 Å². The van der Waals surface area contributed by atoms with E-state index in [2.05, 4.69) is 43.5 Å². The molecule has 0 rings (SSSR count). The number of nitrogens with one attached hydrogen (secondary N) is 1. The van der Waals surface area contributed by atoms with Crippen LogP contribution in [0.3, 0.4) is 0 Å². The Morgan fingerprint density at radius 1 is 0.639 bits per heavy atom. The largest absolute Gasteiger partial charge is 0.394 e. The molecular weight excluding hydrogens is 446 g/mol. The average molecular weight is 506 g/mol. The van der Waals surface area contributed by atoms with Crippen molar-refractivity contribution in [1.82, 2.24) is 5.32 Å². The first kappa shape index (κ1) is 34.6. The van der Waals surface area contributed by atoms with Crippen molar-refractivity contribution in [2.45, 2.75) is 154 Å². The Kier molecular flexibility index (Phi) is 27.1. The normalized spacial score (nSPS) is 13.8. The van der Waals surface area contributed by atoms with E-state index in [1.54, 1.807) is 6.08 Å². The summed E-state index contributed by atoms with van der Waals surface area (Å²) in [5, 5.41) is 22.6. The van der Waals surface area contributed by atoms with Gasteiger partial charge in [-0.1, -0.05) is 115 Å². The number of hydrogen-bond acceptors (Lipinski definition) is 3. The predicted octanol–water partition coefficient (Wildman–Crippen LogP) is 8.33. The summed E-state index contributed by atoms with van der Waals surface area (Å²) >= 11 is 0. The number of aliphatic hydroxyl groups is 2. The molecule has 210 valence electrons. The van der Waals surface area contributed by atoms with E-state index in [-0.39, 0.29) is 12.5 Å². The molecule has 0 spiro atoms. The van der Waals surface area contributed by atoms with E-state index in [0.29, 0.717) is 6.42 Å². The molecule has 0 aromatic heterocycles. The molecule has 0 aromatic carbocycles. The monoisotopic (exact) mass is 505 g/mol. The lowest BCUT2D eigenvalue weighted by Crippen LogP contribution is -2.45. The highest BCUT2D eigenvalue weighted by molar-refractivity contribution is 5.76. The van der Waals surface area contributed by atoms with Gasteiger partial charge >= 0.3 is 0 Å². The molecule has 1 amide bonds. The third kappa shape index (κ3) is 24.3. The Labute approximate surface area is 223 Å². The Balaban J connectivity index is 3.71. The fourth-order valence-electron chi connectivity index (χ4n) is 4.18. The number of rotatable bonds is 26. The zero-order chi connectivity index (χ0) is 26.5. The van der Waals surface area contributed by atoms with Crippen molar-refractivity contribution in [2.75, 3.05) is 6.61 Å². The highest BCUT2D eigenvalue weighted by Gasteiger charge is 2.17. The molecule has 0 saturated heterocycles. The van der Waals surface area contributed by atoms with Gasteiger partial charge in [0.1, 0.15) is 0 Å². The number of carbonyl (C=O) groups is 1. The van der Waals surface area contributed by atoms with Crippen molar-refractivity contribution in [2.24, 2.45) is 0 Å². The van der Waals surface area contributed by atoms with Crippen molar-refractivity contribution in [3.05, 3.63) is 36.5 Å². The quantitative estimate of drug-likeness (QED) is 0.0817. The summed E-state index contributed by atoms with van der Waals surface area (Å²) < 4.78 is 0. The lowest BCUT2D eigenvalue weighted by molar-refractivity contribution is -0.123. The summed E-state index contributed by atoms with van der Waals surface area (Å²) in [6, 6.07) is -0.635. The van der Waals surface area contributed by atoms with Gasteiger partial charge in [0.15, 0.2) is 0 Å². The van der Waals surface area contributed by atoms with Crippen LogP contribution in [-0.4, -0.2) is 34.9 Å². The second-order valence-corrected chi connectivity index (χ2v) is 10.2. The number of aliphatic hydroxyl groups excluding tert-OH is 2. The molecule has 0 aromatic rings. The highest BCUT2D eigenvalue weighted by Crippen LogP contribution is 2.11. The zero-order valence-electron chi connectivity index (χ0n) is 23.8. The van der Waals surface area contributed by atoms with Crippen LogP contribution in [0.1, 0.15) is 142 Å². The van der Waals surface area contributed by atoms with Crippen molar-refractivity contribution < 1.29 is 15.0 Å². The molecule has 4 nitrogen and oxygen atoms in total. The van der Waals surface area contributed by atoms with Gasteiger partial charge in [0.05, 0.1) is 18.8 Å². The maximum atomic E-state index is 12.2. The zero-order valence-corrected chi connectivity index (χ0v) is 23.8. The molecule has 0 aliphatic rings. The molecule has 0 radical (unpaired) electrons. The molecule has 4 heteroatoms. The molecule has 0 fully saturated rings. The van der Waals surface area contributed by atoms with Crippen LogP contribution in [0.2, 0.25) is 0 Å². The van der Waals surface area contributed by atoms with Gasteiger partial charge in [-0.15, -0.1) is 0 Å². The third-order valence-corrected chi connectivity index (χ3v) is 6.60. The minimum absolute atomic E-state index is 0.0852. The topological polar surface area (TPSA) is 69.6 Å². The molecule has 3 N–H and O–H groups in total. The van der Waals surface area contributed by atoms with Gasteiger partial charge in [0.25, 0.3) is 0 Å². The Hall–Kier alpha value is -1.39. The van der Waals surface area contributed by atoms with Crippen LogP contribution < -0.4 is 5.32 Å². The maximum absolute atomic E-state index is 12.2. The fraction of sp³-hybridized carbons (Fsp3) is 0.781. The molecule has 2 atom stereocenters. The second-order valence-electron chi connectivity index (χ2n) is 10.2. The average Bonchev–Trinajstić information content (AvgIpc) is 2.88. The summed E-state index contributed by atoms with van der Waals surface area (Å²) in [4.78, 5) is 12.2. The van der Waals surface area contributed by atoms with Crippen LogP contribution >= 0.6 is 0 Å². The van der Waals surface area contributed by atoms with Gasteiger partial charge in [-0.3, -0.25) is 4.79 Å². The number of unbranched alkanes of at least 4 members (excludes halogenated alkanes) is 15. The number of allylic oxidation sites excluding steroid dienone is 5. The molecule has 0 bridgehead atoms. The fourth-order valence-corrected chi connectivity index (χ4v) is 4.18. The number of amides is 1. The molecule has 36 heavy (non-hydrogen) atoms. The van der Waals surface area contributed by atoms with Crippen LogP contribution in [0.5, 0.6) is 0 Å². The van der Waals surface area contributed by atoms with Gasteiger partial charge in [0.2, 0.25) is 5.91 Å². The minimum atomic E-state index is -0.858. The lowest BCUT2D eigenvalue weighted by atomic mass is 10.1. The molecule has 2 unspecified atom stereocenters. The molecule has 0 aliphatic heterocycles. The number of hydrogen-bond donors (Lipinski definition) is 3. The lowest BCUT2D eigenvalue weighted by Gasteiger charge is -2.19. The van der Waals surface area contributed by atoms with Crippen LogP contribution in [0.4, 0.5) is 0 Å². The Morgan fingerprint density at radius 3 is 1.67 bits per heavy atom. The van der Waals surface area contributed by atoms with E-state index in [0.717, 1.165) is 32.1 Å². The minimum Gasteiger partial charge on any atom is -0.394 e. The standard InChI is InChI=1S/C32H59NO3/c1-3-5-7-9-11-13-14-15-16-17-18-20-22-24-26-28-32(36)33-30(29-34)31(35)27-25-23-21-19-12-10-8-6-4-2/h12-14,19,25,27,30-31,34-35H,3-11,15-18,20-24,26,28-29H2,1-2H3,(H,33,36)/b14-13-,19-12+,27-25+.